The summed E-state index contributed by atoms with van der Waals surface area (Å²) in [5.74, 6) is -0.863. The Morgan fingerprint density at radius 3 is 2.44 bits per heavy atom. The number of carboxylic acid groups (broad SMARTS) is 1. The number of benzene rings is 1. The number of carboxylic acids is 1. The molecule has 0 aliphatic carbocycles. The van der Waals surface area contributed by atoms with Crippen molar-refractivity contribution in [2.75, 3.05) is 0 Å². The summed E-state index contributed by atoms with van der Waals surface area (Å²) in [6, 6.07) is 6.31. The van der Waals surface area contributed by atoms with E-state index in [2.05, 4.69) is 10.3 Å². The predicted octanol–water partition coefficient (Wildman–Crippen LogP) is 3.51. The first-order valence-corrected chi connectivity index (χ1v) is 9.00. The number of pyridine rings is 1. The number of amides is 1. The Balaban J connectivity index is 2.15. The Morgan fingerprint density at radius 2 is 1.93 bits per heavy atom. The summed E-state index contributed by atoms with van der Waals surface area (Å²) in [4.78, 5) is 28.0. The van der Waals surface area contributed by atoms with Crippen LogP contribution in [0.15, 0.2) is 36.7 Å². The predicted molar refractivity (Wildman–Crippen MR) is 103 cm³/mol. The van der Waals surface area contributed by atoms with Crippen molar-refractivity contribution in [3.8, 4) is 5.75 Å². The summed E-state index contributed by atoms with van der Waals surface area (Å²) in [6.45, 7) is 7.83. The fourth-order valence-electron chi connectivity index (χ4n) is 2.86. The summed E-state index contributed by atoms with van der Waals surface area (Å²) < 4.78 is 5.90. The highest BCUT2D eigenvalue weighted by atomic mass is 16.5. The van der Waals surface area contributed by atoms with Crippen molar-refractivity contribution in [2.45, 2.75) is 46.8 Å². The molecule has 1 heterocycles. The van der Waals surface area contributed by atoms with Crippen LogP contribution in [0.5, 0.6) is 5.75 Å². The molecule has 0 aliphatic heterocycles. The van der Waals surface area contributed by atoms with Gasteiger partial charge in [-0.15, -0.1) is 0 Å². The lowest BCUT2D eigenvalue weighted by Crippen LogP contribution is -2.45. The van der Waals surface area contributed by atoms with Gasteiger partial charge in [-0.3, -0.25) is 9.78 Å². The number of hydrogen-bond donors (Lipinski definition) is 2. The molecule has 2 rings (SSSR count). The lowest BCUT2D eigenvalue weighted by Gasteiger charge is -2.21. The molecule has 27 heavy (non-hydrogen) atoms. The number of aryl methyl sites for hydroxylation is 2. The van der Waals surface area contributed by atoms with E-state index in [0.717, 1.165) is 16.7 Å². The molecule has 144 valence electrons. The first kappa shape index (κ1) is 20.4. The van der Waals surface area contributed by atoms with Crippen molar-refractivity contribution in [3.05, 3.63) is 58.9 Å². The van der Waals surface area contributed by atoms with Crippen LogP contribution in [0.1, 0.15) is 47.3 Å². The van der Waals surface area contributed by atoms with Gasteiger partial charge in [-0.2, -0.15) is 0 Å². The van der Waals surface area contributed by atoms with Gasteiger partial charge in [0.25, 0.3) is 5.91 Å². The number of nitrogens with one attached hydrogen (secondary N) is 1. The summed E-state index contributed by atoms with van der Waals surface area (Å²) >= 11 is 0. The molecule has 0 saturated heterocycles. The maximum Gasteiger partial charge on any atom is 0.326 e. The molecular weight excluding hydrogens is 344 g/mol. The van der Waals surface area contributed by atoms with E-state index >= 15 is 0 Å². The van der Waals surface area contributed by atoms with Gasteiger partial charge < -0.3 is 15.2 Å². The van der Waals surface area contributed by atoms with Crippen molar-refractivity contribution in [1.29, 1.82) is 0 Å². The summed E-state index contributed by atoms with van der Waals surface area (Å²) in [6.07, 6.45) is 4.11. The average molecular weight is 370 g/mol. The highest BCUT2D eigenvalue weighted by Gasteiger charge is 2.26. The van der Waals surface area contributed by atoms with Gasteiger partial charge in [0.05, 0.1) is 0 Å². The van der Waals surface area contributed by atoms with Crippen LogP contribution < -0.4 is 10.1 Å². The van der Waals surface area contributed by atoms with Crippen LogP contribution in [0.2, 0.25) is 0 Å². The monoisotopic (exact) mass is 370 g/mol. The van der Waals surface area contributed by atoms with Gasteiger partial charge in [-0.05, 0) is 49.1 Å². The molecule has 2 N–H and O–H groups in total. The van der Waals surface area contributed by atoms with Crippen LogP contribution in [-0.4, -0.2) is 28.0 Å². The fraction of sp³-hybridized carbons (Fsp3) is 0.381. The van der Waals surface area contributed by atoms with Gasteiger partial charge in [-0.25, -0.2) is 4.79 Å². The third kappa shape index (κ3) is 5.29. The molecule has 1 aromatic carbocycles. The second-order valence-corrected chi connectivity index (χ2v) is 6.76. The van der Waals surface area contributed by atoms with Crippen molar-refractivity contribution < 1.29 is 19.4 Å². The van der Waals surface area contributed by atoms with E-state index in [1.54, 1.807) is 24.5 Å². The van der Waals surface area contributed by atoms with Crippen LogP contribution in [0.25, 0.3) is 0 Å². The molecule has 0 saturated carbocycles. The smallest absolute Gasteiger partial charge is 0.326 e. The van der Waals surface area contributed by atoms with Crippen LogP contribution in [0, 0.1) is 19.8 Å². The normalized spacial score (nSPS) is 12.9. The zero-order chi connectivity index (χ0) is 20.0. The molecule has 2 aromatic rings. The minimum Gasteiger partial charge on any atom is -0.488 e. The van der Waals surface area contributed by atoms with Crippen molar-refractivity contribution >= 4 is 11.9 Å². The van der Waals surface area contributed by atoms with Gasteiger partial charge in [0.1, 0.15) is 18.4 Å². The lowest BCUT2D eigenvalue weighted by molar-refractivity contribution is -0.140. The van der Waals surface area contributed by atoms with Crippen LogP contribution >= 0.6 is 0 Å². The maximum absolute atomic E-state index is 12.6. The molecule has 0 fully saturated rings. The minimum absolute atomic E-state index is 0.157. The first-order valence-electron chi connectivity index (χ1n) is 9.00. The zero-order valence-electron chi connectivity index (χ0n) is 16.2. The second kappa shape index (κ2) is 9.16. The van der Waals surface area contributed by atoms with E-state index in [4.69, 9.17) is 4.74 Å². The summed E-state index contributed by atoms with van der Waals surface area (Å²) in [5, 5.41) is 12.0. The van der Waals surface area contributed by atoms with Crippen LogP contribution in [-0.2, 0) is 11.4 Å². The molecule has 2 atom stereocenters. The maximum atomic E-state index is 12.6. The number of carbonyl (C=O) groups is 2. The summed E-state index contributed by atoms with van der Waals surface area (Å²) in [5.41, 5.74) is 3.02. The number of nitrogens with zero attached hydrogens (tertiary/aromatic N) is 1. The number of aliphatic carboxylic acids is 1. The molecule has 0 aliphatic rings. The van der Waals surface area contributed by atoms with Gasteiger partial charge >= 0.3 is 5.97 Å². The third-order valence-electron chi connectivity index (χ3n) is 4.59. The van der Waals surface area contributed by atoms with E-state index in [1.165, 1.54) is 0 Å². The third-order valence-corrected chi connectivity index (χ3v) is 4.59. The Hall–Kier alpha value is -2.89. The van der Waals surface area contributed by atoms with Crippen molar-refractivity contribution in [3.63, 3.8) is 0 Å². The average Bonchev–Trinajstić information content (AvgIpc) is 2.65. The number of ether oxygens (including phenoxy) is 1. The van der Waals surface area contributed by atoms with Crippen LogP contribution in [0.4, 0.5) is 0 Å². The molecule has 6 nitrogen and oxygen atoms in total. The molecule has 0 spiro atoms. The summed E-state index contributed by atoms with van der Waals surface area (Å²) in [7, 11) is 0. The lowest BCUT2D eigenvalue weighted by atomic mass is 9.98. The minimum atomic E-state index is -1.03. The Bertz CT molecular complexity index is 782. The quantitative estimate of drug-likeness (QED) is 0.742. The standard InChI is InChI=1S/C21H26N2O4/c1-5-13(2)18(21(25)26)23-20(24)17-9-14(3)19(15(4)10-17)27-12-16-7-6-8-22-11-16/h6-11,13,18H,5,12H2,1-4H3,(H,23,24)(H,25,26)/t13-,18-/m0/s1. The first-order chi connectivity index (χ1) is 12.8. The van der Waals surface area contributed by atoms with Crippen molar-refractivity contribution in [1.82, 2.24) is 10.3 Å². The number of aromatic nitrogens is 1. The highest BCUT2D eigenvalue weighted by Crippen LogP contribution is 2.26. The van der Waals surface area contributed by atoms with E-state index in [1.807, 2.05) is 39.8 Å². The van der Waals surface area contributed by atoms with E-state index in [0.29, 0.717) is 24.3 Å². The zero-order valence-corrected chi connectivity index (χ0v) is 16.2. The largest absolute Gasteiger partial charge is 0.488 e. The topological polar surface area (TPSA) is 88.5 Å². The number of rotatable bonds is 8. The SMILES string of the molecule is CC[C@H](C)[C@H](NC(=O)c1cc(C)c(OCc2cccnc2)c(C)c1)C(=O)O. The Labute approximate surface area is 159 Å². The van der Waals surface area contributed by atoms with E-state index < -0.39 is 17.9 Å². The Kier molecular flexibility index (Phi) is 6.93. The molecule has 1 aromatic heterocycles. The van der Waals surface area contributed by atoms with Gasteiger partial charge in [0.15, 0.2) is 0 Å². The molecule has 0 unspecified atom stereocenters. The molecule has 0 radical (unpaired) electrons. The molecule has 6 heteroatoms. The Morgan fingerprint density at radius 1 is 1.26 bits per heavy atom. The fourth-order valence-corrected chi connectivity index (χ4v) is 2.86. The van der Waals surface area contributed by atoms with Crippen LogP contribution in [0.3, 0.4) is 0 Å². The number of carbonyl (C=O) groups excluding carboxylic acids is 1. The van der Waals surface area contributed by atoms with Gasteiger partial charge in [-0.1, -0.05) is 26.3 Å². The molecule has 1 amide bonds. The molecular formula is C21H26N2O4. The van der Waals surface area contributed by atoms with Gasteiger partial charge in [0, 0.05) is 23.5 Å². The second-order valence-electron chi connectivity index (χ2n) is 6.76. The van der Waals surface area contributed by atoms with E-state index in [9.17, 15) is 14.7 Å². The number of hydrogen-bond acceptors (Lipinski definition) is 4. The van der Waals surface area contributed by atoms with Crippen molar-refractivity contribution in [2.24, 2.45) is 5.92 Å². The van der Waals surface area contributed by atoms with Gasteiger partial charge in [0.2, 0.25) is 0 Å². The molecule has 0 bridgehead atoms. The highest BCUT2D eigenvalue weighted by molar-refractivity contribution is 5.97. The van der Waals surface area contributed by atoms with E-state index in [-0.39, 0.29) is 5.92 Å².